The molecule has 3 aliphatic heterocycles. The van der Waals surface area contributed by atoms with Gasteiger partial charge in [-0.05, 0) is 100 Å². The molecule has 11 atom stereocenters. The van der Waals surface area contributed by atoms with Gasteiger partial charge in [0.15, 0.2) is 18.2 Å². The van der Waals surface area contributed by atoms with Gasteiger partial charge in [0.2, 0.25) is 0 Å². The third-order valence-electron chi connectivity index (χ3n) is 14.2. The maximum absolute atomic E-state index is 12.5. The Labute approximate surface area is 321 Å². The largest absolute Gasteiger partial charge is 0.479 e. The normalized spacial score (nSPS) is 40.6. The molecule has 53 heavy (non-hydrogen) atoms. The van der Waals surface area contributed by atoms with Gasteiger partial charge >= 0.3 is 0 Å². The van der Waals surface area contributed by atoms with Crippen LogP contribution in [0.15, 0.2) is 45.1 Å². The molecule has 4 bridgehead atoms. The second-order valence-corrected chi connectivity index (χ2v) is 20.3. The molecule has 11 unspecified atom stereocenters. The molecule has 7 rings (SSSR count). The number of hydrogen-bond acceptors (Lipinski definition) is 10. The van der Waals surface area contributed by atoms with Crippen LogP contribution in [-0.2, 0) is 18.9 Å². The Kier molecular flexibility index (Phi) is 10.6. The fourth-order valence-corrected chi connectivity index (χ4v) is 13.0. The Bertz CT molecular complexity index is 1570. The summed E-state index contributed by atoms with van der Waals surface area (Å²) in [6.07, 6.45) is 9.88. The zero-order valence-electron chi connectivity index (χ0n) is 33.6. The van der Waals surface area contributed by atoms with Crippen LogP contribution in [0.3, 0.4) is 0 Å². The van der Waals surface area contributed by atoms with Gasteiger partial charge in [-0.25, -0.2) is 0 Å². The monoisotopic (exact) mass is 757 g/mol. The number of nitrogens with two attached hydrogens (primary N) is 1. The first-order chi connectivity index (χ1) is 24.9. The highest BCUT2D eigenvalue weighted by molar-refractivity contribution is 8.03. The molecule has 2 spiro atoms. The summed E-state index contributed by atoms with van der Waals surface area (Å²) in [5.41, 5.74) is 7.49. The van der Waals surface area contributed by atoms with Crippen molar-refractivity contribution < 1.29 is 39.4 Å². The van der Waals surface area contributed by atoms with Crippen molar-refractivity contribution in [3.05, 3.63) is 45.1 Å². The lowest BCUT2D eigenvalue weighted by Crippen LogP contribution is -2.66. The zero-order valence-corrected chi connectivity index (χ0v) is 34.4. The van der Waals surface area contributed by atoms with E-state index in [2.05, 4.69) is 54.5 Å². The Morgan fingerprint density at radius 1 is 1.11 bits per heavy atom. The van der Waals surface area contributed by atoms with E-state index in [1.807, 2.05) is 13.0 Å². The topological polar surface area (TPSA) is 144 Å². The third-order valence-corrected chi connectivity index (χ3v) is 15.6. The van der Waals surface area contributed by atoms with Crippen LogP contribution < -0.4 is 5.73 Å². The standard InChI is InChI=1S/C43H67NO8S/c1-23(2)11-10-16-40(8)17-15-28-32(50-40)27(13-12-24(3)4)33-29(34(28)53-22-31(44)36(46)47)19-26-20-41-21-30(41)35(45)42(18-14-25(5)37(48)49-9)43(26,51-33)38(41)39(6,7)52-42/h14,20,23-24,28,30-32,35-38,45-48H,10-13,15-19,21-22,44H2,1-9H3. The van der Waals surface area contributed by atoms with E-state index in [0.717, 1.165) is 50.7 Å². The van der Waals surface area contributed by atoms with Gasteiger partial charge < -0.3 is 45.1 Å². The van der Waals surface area contributed by atoms with Crippen molar-refractivity contribution in [3.8, 4) is 0 Å². The Morgan fingerprint density at radius 2 is 1.83 bits per heavy atom. The molecule has 0 amide bonds. The molecule has 298 valence electrons. The average Bonchev–Trinajstić information content (AvgIpc) is 3.67. The Hall–Kier alpha value is -1.21. The maximum Gasteiger partial charge on any atom is 0.176 e. The average molecular weight is 758 g/mol. The van der Waals surface area contributed by atoms with Gasteiger partial charge in [-0.15, -0.1) is 11.8 Å². The molecule has 0 aromatic carbocycles. The lowest BCUT2D eigenvalue weighted by molar-refractivity contribution is -0.208. The van der Waals surface area contributed by atoms with Crippen molar-refractivity contribution in [3.63, 3.8) is 0 Å². The number of methoxy groups -OCH3 is 1. The minimum absolute atomic E-state index is 0.00714. The zero-order chi connectivity index (χ0) is 38.5. The molecule has 7 aliphatic rings. The summed E-state index contributed by atoms with van der Waals surface area (Å²) in [6.45, 7) is 17.6. The summed E-state index contributed by atoms with van der Waals surface area (Å²) in [5, 5.41) is 43.1. The predicted molar refractivity (Wildman–Crippen MR) is 207 cm³/mol. The fourth-order valence-electron chi connectivity index (χ4n) is 11.7. The van der Waals surface area contributed by atoms with Crippen molar-refractivity contribution >= 4 is 11.8 Å². The summed E-state index contributed by atoms with van der Waals surface area (Å²) < 4.78 is 27.8. The van der Waals surface area contributed by atoms with Crippen LogP contribution in [0.1, 0.15) is 120 Å². The summed E-state index contributed by atoms with van der Waals surface area (Å²) >= 11 is 1.64. The first-order valence-corrected chi connectivity index (χ1v) is 21.4. The summed E-state index contributed by atoms with van der Waals surface area (Å²) in [4.78, 5) is 1.20. The van der Waals surface area contributed by atoms with Crippen LogP contribution in [0.2, 0.25) is 0 Å². The molecule has 5 fully saturated rings. The number of allylic oxidation sites excluding steroid dienone is 2. The van der Waals surface area contributed by atoms with Gasteiger partial charge in [-0.3, -0.25) is 0 Å². The highest BCUT2D eigenvalue weighted by Gasteiger charge is 2.90. The molecule has 2 saturated carbocycles. The lowest BCUT2D eigenvalue weighted by Gasteiger charge is -2.56. The van der Waals surface area contributed by atoms with Gasteiger partial charge in [0.25, 0.3) is 0 Å². The predicted octanol–water partition coefficient (Wildman–Crippen LogP) is 6.64. The van der Waals surface area contributed by atoms with Crippen molar-refractivity contribution in [2.45, 2.75) is 173 Å². The number of aliphatic hydroxyl groups is 4. The minimum Gasteiger partial charge on any atom is -0.479 e. The Balaban J connectivity index is 1.39. The lowest BCUT2D eigenvalue weighted by atomic mass is 9.58. The van der Waals surface area contributed by atoms with Crippen molar-refractivity contribution in [2.75, 3.05) is 12.9 Å². The van der Waals surface area contributed by atoms with Gasteiger partial charge in [0, 0.05) is 54.1 Å². The van der Waals surface area contributed by atoms with E-state index in [9.17, 15) is 20.4 Å². The number of thioether (sulfide) groups is 1. The molecule has 0 aromatic heterocycles. The first-order valence-electron chi connectivity index (χ1n) is 20.4. The van der Waals surface area contributed by atoms with E-state index < -0.39 is 41.5 Å². The van der Waals surface area contributed by atoms with Crippen LogP contribution in [0.4, 0.5) is 0 Å². The second-order valence-electron chi connectivity index (χ2n) is 19.3. The SMILES string of the molecule is COC(O)C(C)=CCC12OC(C)(C)C3C4(C=C5CC6=C(SCC(N)C(O)O)C7CCC(C)(CCCC(C)C)OC7C(CCC(C)C)=C6OC531)CC4C2O. The molecule has 9 nitrogen and oxygen atoms in total. The summed E-state index contributed by atoms with van der Waals surface area (Å²) in [6, 6.07) is -0.792. The number of ether oxygens (including phenoxy) is 4. The van der Waals surface area contributed by atoms with Crippen LogP contribution in [0, 0.1) is 35.0 Å². The van der Waals surface area contributed by atoms with Gasteiger partial charge in [0.1, 0.15) is 11.4 Å². The number of hydrogen-bond donors (Lipinski definition) is 5. The number of rotatable bonds is 15. The third kappa shape index (κ3) is 6.28. The summed E-state index contributed by atoms with van der Waals surface area (Å²) in [7, 11) is 1.49. The Morgan fingerprint density at radius 3 is 2.49 bits per heavy atom. The highest BCUT2D eigenvalue weighted by Crippen LogP contribution is 2.84. The molecule has 3 heterocycles. The molecular formula is C43H67NO8S. The van der Waals surface area contributed by atoms with E-state index in [4.69, 9.17) is 24.7 Å². The van der Waals surface area contributed by atoms with Crippen molar-refractivity contribution in [2.24, 2.45) is 40.7 Å². The summed E-state index contributed by atoms with van der Waals surface area (Å²) in [5.74, 6) is 2.59. The molecule has 6 N–H and O–H groups in total. The van der Waals surface area contributed by atoms with E-state index in [0.29, 0.717) is 36.0 Å². The second kappa shape index (κ2) is 14.0. The van der Waals surface area contributed by atoms with Crippen molar-refractivity contribution in [1.29, 1.82) is 0 Å². The van der Waals surface area contributed by atoms with E-state index in [1.165, 1.54) is 35.2 Å². The van der Waals surface area contributed by atoms with Gasteiger partial charge in [-0.2, -0.15) is 0 Å². The minimum atomic E-state index is -1.60. The van der Waals surface area contributed by atoms with Crippen LogP contribution in [0.25, 0.3) is 0 Å². The van der Waals surface area contributed by atoms with Gasteiger partial charge in [-0.1, -0.05) is 52.7 Å². The van der Waals surface area contributed by atoms with E-state index >= 15 is 0 Å². The molecular weight excluding hydrogens is 691 g/mol. The quantitative estimate of drug-likeness (QED) is 0.0912. The van der Waals surface area contributed by atoms with E-state index in [-0.39, 0.29) is 34.9 Å². The molecule has 3 saturated heterocycles. The van der Waals surface area contributed by atoms with Crippen molar-refractivity contribution in [1.82, 2.24) is 0 Å². The number of aliphatic hydroxyl groups excluding tert-OH is 3. The fraction of sp³-hybridized carbons (Fsp3) is 0.814. The first kappa shape index (κ1) is 40.0. The van der Waals surface area contributed by atoms with Gasteiger partial charge in [0.05, 0.1) is 29.5 Å². The number of fused-ring (bicyclic) bond motifs is 2. The highest BCUT2D eigenvalue weighted by atomic mass is 32.2. The van der Waals surface area contributed by atoms with Crippen LogP contribution >= 0.6 is 11.8 Å². The smallest absolute Gasteiger partial charge is 0.176 e. The molecule has 10 heteroatoms. The molecule has 4 aliphatic carbocycles. The molecule has 0 aromatic rings. The van der Waals surface area contributed by atoms with Crippen LogP contribution in [0.5, 0.6) is 0 Å². The van der Waals surface area contributed by atoms with E-state index in [1.54, 1.807) is 11.8 Å². The molecule has 0 radical (unpaired) electrons. The maximum atomic E-state index is 12.5. The van der Waals surface area contributed by atoms with Crippen LogP contribution in [-0.4, -0.2) is 86.5 Å².